The maximum atomic E-state index is 11.3. The minimum atomic E-state index is -0.0703. The zero-order valence-corrected chi connectivity index (χ0v) is 9.40. The Hall–Kier alpha value is -1.71. The van der Waals surface area contributed by atoms with E-state index in [1.165, 1.54) is 6.92 Å². The molecule has 16 heavy (non-hydrogen) atoms. The van der Waals surface area contributed by atoms with Gasteiger partial charge >= 0.3 is 0 Å². The van der Waals surface area contributed by atoms with Crippen LogP contribution in [0.2, 0.25) is 0 Å². The van der Waals surface area contributed by atoms with Crippen LogP contribution in [-0.4, -0.2) is 23.2 Å². The number of nitrogens with zero attached hydrogens (tertiary/aromatic N) is 1. The van der Waals surface area contributed by atoms with Crippen LogP contribution in [-0.2, 0) is 16.0 Å². The zero-order valence-electron chi connectivity index (χ0n) is 9.40. The predicted molar refractivity (Wildman–Crippen MR) is 60.9 cm³/mol. The molecule has 0 saturated heterocycles. The van der Waals surface area contributed by atoms with Gasteiger partial charge in [0, 0.05) is 31.8 Å². The van der Waals surface area contributed by atoms with Crippen molar-refractivity contribution in [2.24, 2.45) is 0 Å². The summed E-state index contributed by atoms with van der Waals surface area (Å²) in [6.07, 6.45) is 4.86. The molecule has 0 saturated carbocycles. The third-order valence-corrected chi connectivity index (χ3v) is 2.16. The molecule has 0 aliphatic rings. The number of nitrogens with one attached hydrogen (secondary N) is 1. The molecule has 0 bridgehead atoms. The Balaban J connectivity index is 2.16. The summed E-state index contributed by atoms with van der Waals surface area (Å²) in [5, 5.41) is 2.77. The number of Topliss-reactive ketones (excluding diaryl/α,β-unsaturated/α-hetero) is 1. The molecule has 1 N–H and O–H groups in total. The molecule has 0 unspecified atom stereocenters. The van der Waals surface area contributed by atoms with Gasteiger partial charge in [-0.3, -0.25) is 9.78 Å². The van der Waals surface area contributed by atoms with E-state index in [0.29, 0.717) is 13.0 Å². The molecule has 1 aromatic heterocycles. The molecule has 0 radical (unpaired) electrons. The Morgan fingerprint density at radius 2 is 2.19 bits per heavy atom. The highest BCUT2D eigenvalue weighted by atomic mass is 16.2. The van der Waals surface area contributed by atoms with E-state index in [0.717, 1.165) is 12.0 Å². The van der Waals surface area contributed by atoms with Crippen molar-refractivity contribution in [1.82, 2.24) is 10.3 Å². The maximum Gasteiger partial charge on any atom is 0.220 e. The SMILES string of the molecule is CC(=O)CCC(=O)NCCc1cccnc1. The molecule has 86 valence electrons. The van der Waals surface area contributed by atoms with E-state index in [4.69, 9.17) is 0 Å². The Kier molecular flexibility index (Phi) is 5.19. The fourth-order valence-corrected chi connectivity index (χ4v) is 1.27. The molecule has 1 heterocycles. The molecule has 0 aromatic carbocycles. The van der Waals surface area contributed by atoms with Crippen molar-refractivity contribution < 1.29 is 9.59 Å². The second kappa shape index (κ2) is 6.71. The first-order chi connectivity index (χ1) is 7.68. The molecule has 0 atom stereocenters. The lowest BCUT2D eigenvalue weighted by Crippen LogP contribution is -2.25. The van der Waals surface area contributed by atoms with Crippen molar-refractivity contribution in [2.45, 2.75) is 26.2 Å². The first-order valence-electron chi connectivity index (χ1n) is 5.33. The van der Waals surface area contributed by atoms with Gasteiger partial charge < -0.3 is 10.1 Å². The number of hydrogen-bond acceptors (Lipinski definition) is 3. The smallest absolute Gasteiger partial charge is 0.220 e. The number of pyridine rings is 1. The molecule has 4 heteroatoms. The average molecular weight is 220 g/mol. The lowest BCUT2D eigenvalue weighted by molar-refractivity contribution is -0.124. The van der Waals surface area contributed by atoms with Crippen molar-refractivity contribution in [3.8, 4) is 0 Å². The fraction of sp³-hybridized carbons (Fsp3) is 0.417. The number of aromatic nitrogens is 1. The van der Waals surface area contributed by atoms with Gasteiger partial charge in [0.05, 0.1) is 0 Å². The number of hydrogen-bond donors (Lipinski definition) is 1. The minimum absolute atomic E-state index is 0.0439. The van der Waals surface area contributed by atoms with Crippen LogP contribution in [0.25, 0.3) is 0 Å². The van der Waals surface area contributed by atoms with E-state index in [1.807, 2.05) is 12.1 Å². The monoisotopic (exact) mass is 220 g/mol. The van der Waals surface area contributed by atoms with Gasteiger partial charge in [-0.1, -0.05) is 6.07 Å². The Morgan fingerprint density at radius 1 is 1.38 bits per heavy atom. The van der Waals surface area contributed by atoms with Crippen LogP contribution in [0.5, 0.6) is 0 Å². The van der Waals surface area contributed by atoms with E-state index < -0.39 is 0 Å². The molecule has 4 nitrogen and oxygen atoms in total. The quantitative estimate of drug-likeness (QED) is 0.781. The summed E-state index contributed by atoms with van der Waals surface area (Å²) in [6.45, 7) is 2.07. The standard InChI is InChI=1S/C12H16N2O2/c1-10(15)4-5-12(16)14-8-6-11-3-2-7-13-9-11/h2-3,7,9H,4-6,8H2,1H3,(H,14,16). The second-order valence-corrected chi connectivity index (χ2v) is 3.66. The summed E-state index contributed by atoms with van der Waals surface area (Å²) in [5.41, 5.74) is 1.09. The van der Waals surface area contributed by atoms with Gasteiger partial charge in [0.2, 0.25) is 5.91 Å². The van der Waals surface area contributed by atoms with Gasteiger partial charge in [-0.05, 0) is 25.0 Å². The summed E-state index contributed by atoms with van der Waals surface area (Å²) in [4.78, 5) is 25.9. The molecule has 1 amide bonds. The number of carbonyl (C=O) groups excluding carboxylic acids is 2. The largest absolute Gasteiger partial charge is 0.356 e. The summed E-state index contributed by atoms with van der Waals surface area (Å²) in [6, 6.07) is 3.83. The number of ketones is 1. The first kappa shape index (κ1) is 12.4. The van der Waals surface area contributed by atoms with E-state index >= 15 is 0 Å². The topological polar surface area (TPSA) is 59.1 Å². The van der Waals surface area contributed by atoms with Crippen LogP contribution in [0.15, 0.2) is 24.5 Å². The molecule has 0 aliphatic carbocycles. The van der Waals surface area contributed by atoms with Crippen molar-refractivity contribution in [3.05, 3.63) is 30.1 Å². The zero-order chi connectivity index (χ0) is 11.8. The van der Waals surface area contributed by atoms with Gasteiger partial charge in [0.15, 0.2) is 0 Å². The summed E-state index contributed by atoms with van der Waals surface area (Å²) in [7, 11) is 0. The molecule has 1 aromatic rings. The number of carbonyl (C=O) groups is 2. The van der Waals surface area contributed by atoms with Gasteiger partial charge in [-0.15, -0.1) is 0 Å². The van der Waals surface area contributed by atoms with Gasteiger partial charge in [0.1, 0.15) is 5.78 Å². The first-order valence-corrected chi connectivity index (χ1v) is 5.33. The highest BCUT2D eigenvalue weighted by Crippen LogP contribution is 1.96. The van der Waals surface area contributed by atoms with E-state index in [9.17, 15) is 9.59 Å². The summed E-state index contributed by atoms with van der Waals surface area (Å²) < 4.78 is 0. The van der Waals surface area contributed by atoms with Crippen LogP contribution in [0.1, 0.15) is 25.3 Å². The van der Waals surface area contributed by atoms with Crippen LogP contribution in [0, 0.1) is 0 Å². The molecule has 0 spiro atoms. The number of rotatable bonds is 6. The Bertz CT molecular complexity index is 349. The normalized spacial score (nSPS) is 9.81. The average Bonchev–Trinajstić information content (AvgIpc) is 2.28. The molecule has 0 aliphatic heterocycles. The fourth-order valence-electron chi connectivity index (χ4n) is 1.27. The van der Waals surface area contributed by atoms with Crippen LogP contribution < -0.4 is 5.32 Å². The Labute approximate surface area is 95.1 Å². The minimum Gasteiger partial charge on any atom is -0.356 e. The highest BCUT2D eigenvalue weighted by Gasteiger charge is 2.02. The van der Waals surface area contributed by atoms with Crippen molar-refractivity contribution in [2.75, 3.05) is 6.54 Å². The van der Waals surface area contributed by atoms with Crippen LogP contribution >= 0.6 is 0 Å². The lowest BCUT2D eigenvalue weighted by atomic mass is 10.2. The van der Waals surface area contributed by atoms with E-state index in [-0.39, 0.29) is 18.1 Å². The molecule has 1 rings (SSSR count). The van der Waals surface area contributed by atoms with Crippen molar-refractivity contribution >= 4 is 11.7 Å². The van der Waals surface area contributed by atoms with Crippen molar-refractivity contribution in [3.63, 3.8) is 0 Å². The lowest BCUT2D eigenvalue weighted by Gasteiger charge is -2.04. The number of amides is 1. The second-order valence-electron chi connectivity index (χ2n) is 3.66. The van der Waals surface area contributed by atoms with E-state index in [2.05, 4.69) is 10.3 Å². The summed E-state index contributed by atoms with van der Waals surface area (Å²) in [5.74, 6) is -0.0264. The molecular formula is C12H16N2O2. The van der Waals surface area contributed by atoms with E-state index in [1.54, 1.807) is 12.4 Å². The summed E-state index contributed by atoms with van der Waals surface area (Å²) >= 11 is 0. The highest BCUT2D eigenvalue weighted by molar-refractivity contribution is 5.83. The van der Waals surface area contributed by atoms with Crippen LogP contribution in [0.3, 0.4) is 0 Å². The molecule has 0 fully saturated rings. The third kappa shape index (κ3) is 5.24. The van der Waals surface area contributed by atoms with Gasteiger partial charge in [-0.25, -0.2) is 0 Å². The molecular weight excluding hydrogens is 204 g/mol. The van der Waals surface area contributed by atoms with Crippen LogP contribution in [0.4, 0.5) is 0 Å². The Morgan fingerprint density at radius 3 is 2.81 bits per heavy atom. The van der Waals surface area contributed by atoms with Crippen molar-refractivity contribution in [1.29, 1.82) is 0 Å². The maximum absolute atomic E-state index is 11.3. The third-order valence-electron chi connectivity index (χ3n) is 2.16. The van der Waals surface area contributed by atoms with Gasteiger partial charge in [0.25, 0.3) is 0 Å². The van der Waals surface area contributed by atoms with Gasteiger partial charge in [-0.2, -0.15) is 0 Å². The predicted octanol–water partition coefficient (Wildman–Crippen LogP) is 1.11.